The molecule has 1 aromatic heterocycles. The van der Waals surface area contributed by atoms with Crippen LogP contribution in [0.4, 0.5) is 0 Å². The first-order valence-corrected chi connectivity index (χ1v) is 7.15. The van der Waals surface area contributed by atoms with E-state index in [2.05, 4.69) is 27.4 Å². The minimum Gasteiger partial charge on any atom is -0.299 e. The molecule has 2 aliphatic carbocycles. The third kappa shape index (κ3) is 2.04. The smallest absolute Gasteiger partial charge is 0.141 e. The lowest BCUT2D eigenvalue weighted by molar-refractivity contribution is -0.122. The lowest BCUT2D eigenvalue weighted by Gasteiger charge is -2.08. The van der Waals surface area contributed by atoms with Gasteiger partial charge in [-0.2, -0.15) is 0 Å². The fourth-order valence-electron chi connectivity index (χ4n) is 2.74. The second-order valence-corrected chi connectivity index (χ2v) is 6.71. The third-order valence-electron chi connectivity index (χ3n) is 3.67. The standard InChI is InChI=1S/C12H13BrOS/c13-10-4-11(15-6-10)5-12(14)9-2-7-1-8(7)3-9/h4,6-9H,1-3,5H2. The summed E-state index contributed by atoms with van der Waals surface area (Å²) in [6.45, 7) is 0. The first-order chi connectivity index (χ1) is 7.22. The van der Waals surface area contributed by atoms with Gasteiger partial charge in [-0.05, 0) is 53.1 Å². The van der Waals surface area contributed by atoms with Crippen LogP contribution in [0.15, 0.2) is 15.9 Å². The Bertz CT molecular complexity index is 388. The van der Waals surface area contributed by atoms with Crippen molar-refractivity contribution in [1.29, 1.82) is 0 Å². The largest absolute Gasteiger partial charge is 0.299 e. The number of carbonyl (C=O) groups is 1. The highest BCUT2D eigenvalue weighted by molar-refractivity contribution is 9.10. The molecule has 1 aromatic rings. The molecule has 0 spiro atoms. The molecule has 0 N–H and O–H groups in total. The molecule has 2 unspecified atom stereocenters. The van der Waals surface area contributed by atoms with E-state index in [9.17, 15) is 4.79 Å². The maximum absolute atomic E-state index is 12.0. The van der Waals surface area contributed by atoms with Gasteiger partial charge in [-0.1, -0.05) is 0 Å². The van der Waals surface area contributed by atoms with Gasteiger partial charge in [0.15, 0.2) is 0 Å². The minimum atomic E-state index is 0.384. The fraction of sp³-hybridized carbons (Fsp3) is 0.583. The highest BCUT2D eigenvalue weighted by Crippen LogP contribution is 2.54. The molecule has 2 atom stereocenters. The van der Waals surface area contributed by atoms with Crippen molar-refractivity contribution in [3.63, 3.8) is 0 Å². The van der Waals surface area contributed by atoms with E-state index in [1.165, 1.54) is 24.1 Å². The number of hydrogen-bond acceptors (Lipinski definition) is 2. The highest BCUT2D eigenvalue weighted by Gasteiger charge is 2.47. The van der Waals surface area contributed by atoms with E-state index in [-0.39, 0.29) is 0 Å². The number of halogens is 1. The van der Waals surface area contributed by atoms with Gasteiger partial charge < -0.3 is 0 Å². The summed E-state index contributed by atoms with van der Waals surface area (Å²) < 4.78 is 1.10. The molecule has 1 nitrogen and oxygen atoms in total. The summed E-state index contributed by atoms with van der Waals surface area (Å²) in [5.41, 5.74) is 0. The normalized spacial score (nSPS) is 32.7. The van der Waals surface area contributed by atoms with E-state index in [4.69, 9.17) is 0 Å². The molecular weight excluding hydrogens is 272 g/mol. The molecule has 15 heavy (non-hydrogen) atoms. The highest BCUT2D eigenvalue weighted by atomic mass is 79.9. The van der Waals surface area contributed by atoms with Gasteiger partial charge >= 0.3 is 0 Å². The van der Waals surface area contributed by atoms with E-state index < -0.39 is 0 Å². The predicted molar refractivity (Wildman–Crippen MR) is 65.1 cm³/mol. The first-order valence-electron chi connectivity index (χ1n) is 5.48. The van der Waals surface area contributed by atoms with Crippen molar-refractivity contribution in [2.24, 2.45) is 17.8 Å². The first kappa shape index (κ1) is 10.0. The van der Waals surface area contributed by atoms with Gasteiger partial charge in [0, 0.05) is 27.1 Å². The lowest BCUT2D eigenvalue weighted by Crippen LogP contribution is -2.14. The quantitative estimate of drug-likeness (QED) is 0.828. The molecule has 0 aliphatic heterocycles. The number of Topliss-reactive ketones (excluding diaryl/α,β-unsaturated/α-hetero) is 1. The summed E-state index contributed by atoms with van der Waals surface area (Å²) in [5.74, 6) is 2.68. The number of carbonyl (C=O) groups excluding carboxylic acids is 1. The van der Waals surface area contributed by atoms with Crippen LogP contribution in [0.25, 0.3) is 0 Å². The Morgan fingerprint density at radius 3 is 2.73 bits per heavy atom. The zero-order valence-corrected chi connectivity index (χ0v) is 10.8. The Balaban J connectivity index is 1.61. The number of hydrogen-bond donors (Lipinski definition) is 0. The number of ketones is 1. The van der Waals surface area contributed by atoms with Crippen LogP contribution in [0.5, 0.6) is 0 Å². The van der Waals surface area contributed by atoms with Gasteiger partial charge in [0.1, 0.15) is 5.78 Å². The van der Waals surface area contributed by atoms with Gasteiger partial charge in [0.25, 0.3) is 0 Å². The topological polar surface area (TPSA) is 17.1 Å². The molecule has 2 saturated carbocycles. The molecule has 3 rings (SSSR count). The summed E-state index contributed by atoms with van der Waals surface area (Å²) in [5, 5.41) is 2.05. The molecule has 1 heterocycles. The maximum Gasteiger partial charge on any atom is 0.141 e. The van der Waals surface area contributed by atoms with Crippen LogP contribution in [-0.4, -0.2) is 5.78 Å². The minimum absolute atomic E-state index is 0.384. The van der Waals surface area contributed by atoms with E-state index in [1.807, 2.05) is 0 Å². The van der Waals surface area contributed by atoms with Crippen LogP contribution in [0.1, 0.15) is 24.1 Å². The SMILES string of the molecule is O=C(Cc1cc(Br)cs1)C1CC2CC2C1. The van der Waals surface area contributed by atoms with Crippen LogP contribution >= 0.6 is 27.3 Å². The van der Waals surface area contributed by atoms with Crippen LogP contribution in [-0.2, 0) is 11.2 Å². The van der Waals surface area contributed by atoms with Gasteiger partial charge in [0.2, 0.25) is 0 Å². The second kappa shape index (κ2) is 3.70. The molecule has 0 saturated heterocycles. The fourth-order valence-corrected chi connectivity index (χ4v) is 4.20. The lowest BCUT2D eigenvalue weighted by atomic mass is 9.96. The summed E-state index contributed by atoms with van der Waals surface area (Å²) in [6.07, 6.45) is 4.40. The molecule has 2 aliphatic rings. The van der Waals surface area contributed by atoms with Crippen LogP contribution < -0.4 is 0 Å². The van der Waals surface area contributed by atoms with Gasteiger partial charge in [0.05, 0.1) is 0 Å². The number of rotatable bonds is 3. The monoisotopic (exact) mass is 284 g/mol. The zero-order chi connectivity index (χ0) is 10.4. The van der Waals surface area contributed by atoms with E-state index in [0.717, 1.165) is 16.3 Å². The molecular formula is C12H13BrOS. The Morgan fingerprint density at radius 2 is 2.13 bits per heavy atom. The second-order valence-electron chi connectivity index (χ2n) is 4.80. The molecule has 0 radical (unpaired) electrons. The Kier molecular flexibility index (Phi) is 2.48. The van der Waals surface area contributed by atoms with Gasteiger partial charge in [-0.3, -0.25) is 4.79 Å². The van der Waals surface area contributed by atoms with Crippen molar-refractivity contribution in [3.05, 3.63) is 20.8 Å². The van der Waals surface area contributed by atoms with Gasteiger partial charge in [-0.15, -0.1) is 11.3 Å². The summed E-state index contributed by atoms with van der Waals surface area (Å²) in [7, 11) is 0. The van der Waals surface area contributed by atoms with E-state index >= 15 is 0 Å². The molecule has 0 bridgehead atoms. The maximum atomic E-state index is 12.0. The molecule has 2 fully saturated rings. The van der Waals surface area contributed by atoms with Crippen molar-refractivity contribution in [3.8, 4) is 0 Å². The van der Waals surface area contributed by atoms with Crippen LogP contribution in [0.3, 0.4) is 0 Å². The third-order valence-corrected chi connectivity index (χ3v) is 5.37. The molecule has 0 aromatic carbocycles. The number of fused-ring (bicyclic) bond motifs is 1. The summed E-state index contributed by atoms with van der Waals surface area (Å²) in [4.78, 5) is 13.2. The molecule has 80 valence electrons. The van der Waals surface area contributed by atoms with Crippen molar-refractivity contribution >= 4 is 33.0 Å². The van der Waals surface area contributed by atoms with Gasteiger partial charge in [-0.25, -0.2) is 0 Å². The van der Waals surface area contributed by atoms with Crippen molar-refractivity contribution in [1.82, 2.24) is 0 Å². The molecule has 0 amide bonds. The van der Waals surface area contributed by atoms with Crippen LogP contribution in [0.2, 0.25) is 0 Å². The Morgan fingerprint density at radius 1 is 1.40 bits per heavy atom. The van der Waals surface area contributed by atoms with Crippen molar-refractivity contribution < 1.29 is 4.79 Å². The zero-order valence-electron chi connectivity index (χ0n) is 8.41. The van der Waals surface area contributed by atoms with Crippen molar-refractivity contribution in [2.75, 3.05) is 0 Å². The average molecular weight is 285 g/mol. The Hall–Kier alpha value is -0.150. The van der Waals surface area contributed by atoms with Crippen LogP contribution in [0, 0.1) is 17.8 Å². The van der Waals surface area contributed by atoms with Crippen molar-refractivity contribution in [2.45, 2.75) is 25.7 Å². The predicted octanol–water partition coefficient (Wildman–Crippen LogP) is 3.67. The van der Waals surface area contributed by atoms with E-state index in [1.54, 1.807) is 11.3 Å². The van der Waals surface area contributed by atoms with E-state index in [0.29, 0.717) is 18.1 Å². The summed E-state index contributed by atoms with van der Waals surface area (Å²) in [6, 6.07) is 2.07. The Labute approximate surface area is 102 Å². The molecule has 3 heteroatoms. The average Bonchev–Trinajstić information content (AvgIpc) is 2.61. The summed E-state index contributed by atoms with van der Waals surface area (Å²) >= 11 is 5.10. The number of thiophene rings is 1.